The number of benzene rings is 1. The lowest BCUT2D eigenvalue weighted by Gasteiger charge is -2.20. The van der Waals surface area contributed by atoms with E-state index in [1.165, 1.54) is 31.5 Å². The molecule has 2 aliphatic heterocycles. The van der Waals surface area contributed by atoms with E-state index >= 15 is 0 Å². The smallest absolute Gasteiger partial charge is 0.191 e. The Morgan fingerprint density at radius 3 is 2.77 bits per heavy atom. The molecule has 0 aliphatic carbocycles. The van der Waals surface area contributed by atoms with Gasteiger partial charge in [0, 0.05) is 26.1 Å². The summed E-state index contributed by atoms with van der Waals surface area (Å²) in [7, 11) is 0. The van der Waals surface area contributed by atoms with Crippen molar-refractivity contribution in [2.24, 2.45) is 10.9 Å². The first kappa shape index (κ1) is 21.3. The third-order valence-corrected chi connectivity index (χ3v) is 4.88. The van der Waals surface area contributed by atoms with Gasteiger partial charge in [0.1, 0.15) is 11.9 Å². The molecule has 1 aromatic rings. The van der Waals surface area contributed by atoms with Crippen LogP contribution < -0.4 is 15.4 Å². The fourth-order valence-corrected chi connectivity index (χ4v) is 3.63. The van der Waals surface area contributed by atoms with Crippen LogP contribution >= 0.6 is 24.0 Å². The van der Waals surface area contributed by atoms with Crippen LogP contribution in [0.4, 0.5) is 0 Å². The predicted octanol–water partition coefficient (Wildman–Crippen LogP) is 2.90. The first-order valence-electron chi connectivity index (χ1n) is 9.73. The van der Waals surface area contributed by atoms with Crippen LogP contribution in [0.2, 0.25) is 0 Å². The van der Waals surface area contributed by atoms with Crippen LogP contribution in [-0.2, 0) is 6.42 Å². The van der Waals surface area contributed by atoms with Crippen molar-refractivity contribution in [1.29, 1.82) is 0 Å². The maximum Gasteiger partial charge on any atom is 0.191 e. The van der Waals surface area contributed by atoms with Crippen LogP contribution in [0.15, 0.2) is 29.3 Å². The molecule has 2 N–H and O–H groups in total. The Morgan fingerprint density at radius 1 is 1.27 bits per heavy atom. The quantitative estimate of drug-likeness (QED) is 0.364. The molecule has 1 saturated heterocycles. The molecule has 2 unspecified atom stereocenters. The van der Waals surface area contributed by atoms with Gasteiger partial charge in [-0.1, -0.05) is 25.1 Å². The van der Waals surface area contributed by atoms with Crippen molar-refractivity contribution >= 4 is 29.9 Å². The summed E-state index contributed by atoms with van der Waals surface area (Å²) in [6.45, 7) is 10.6. The van der Waals surface area contributed by atoms with Crippen molar-refractivity contribution in [3.63, 3.8) is 0 Å². The van der Waals surface area contributed by atoms with Gasteiger partial charge in [-0.25, -0.2) is 0 Å². The summed E-state index contributed by atoms with van der Waals surface area (Å²) in [6.07, 6.45) is 3.85. The molecule has 1 aromatic carbocycles. The zero-order valence-corrected chi connectivity index (χ0v) is 18.4. The highest BCUT2D eigenvalue weighted by atomic mass is 127. The van der Waals surface area contributed by atoms with Crippen molar-refractivity contribution < 1.29 is 4.74 Å². The SMILES string of the molecule is CCNC(=NCC(C)CN1CCCC1)NCC1Cc2ccccc2O1.I. The molecule has 2 atom stereocenters. The summed E-state index contributed by atoms with van der Waals surface area (Å²) in [5, 5.41) is 6.79. The Balaban J connectivity index is 0.00000243. The highest BCUT2D eigenvalue weighted by molar-refractivity contribution is 14.0. The van der Waals surface area contributed by atoms with Gasteiger partial charge >= 0.3 is 0 Å². The van der Waals surface area contributed by atoms with Gasteiger partial charge in [-0.15, -0.1) is 24.0 Å². The highest BCUT2D eigenvalue weighted by Crippen LogP contribution is 2.27. The number of nitrogens with one attached hydrogen (secondary N) is 2. The van der Waals surface area contributed by atoms with E-state index in [4.69, 9.17) is 9.73 Å². The molecule has 146 valence electrons. The van der Waals surface area contributed by atoms with Gasteiger partial charge in [-0.2, -0.15) is 0 Å². The molecule has 6 heteroatoms. The normalized spacial score (nSPS) is 20.8. The maximum atomic E-state index is 6.00. The van der Waals surface area contributed by atoms with E-state index in [0.717, 1.165) is 44.3 Å². The maximum absolute atomic E-state index is 6.00. The average molecular weight is 472 g/mol. The number of ether oxygens (including phenoxy) is 1. The number of hydrogen-bond acceptors (Lipinski definition) is 3. The summed E-state index contributed by atoms with van der Waals surface area (Å²) in [5.74, 6) is 2.51. The van der Waals surface area contributed by atoms with Gasteiger partial charge in [-0.3, -0.25) is 4.99 Å². The topological polar surface area (TPSA) is 48.9 Å². The lowest BCUT2D eigenvalue weighted by molar-refractivity contribution is 0.235. The minimum absolute atomic E-state index is 0. The van der Waals surface area contributed by atoms with Crippen LogP contribution in [0.3, 0.4) is 0 Å². The number of likely N-dealkylation sites (tertiary alicyclic amines) is 1. The number of para-hydroxylation sites is 1. The molecule has 0 bridgehead atoms. The number of hydrogen-bond donors (Lipinski definition) is 2. The second-order valence-corrected chi connectivity index (χ2v) is 7.27. The molecular formula is C20H33IN4O. The average Bonchev–Trinajstić information content (AvgIpc) is 3.26. The molecule has 1 fully saturated rings. The lowest BCUT2D eigenvalue weighted by Crippen LogP contribution is -2.42. The number of fused-ring (bicyclic) bond motifs is 1. The van der Waals surface area contributed by atoms with Crippen LogP contribution in [0.1, 0.15) is 32.3 Å². The summed E-state index contributed by atoms with van der Waals surface area (Å²) in [4.78, 5) is 7.34. The molecule has 0 aromatic heterocycles. The predicted molar refractivity (Wildman–Crippen MR) is 119 cm³/mol. The number of aliphatic imine (C=N–C) groups is 1. The van der Waals surface area contributed by atoms with Crippen molar-refractivity contribution in [3.8, 4) is 5.75 Å². The van der Waals surface area contributed by atoms with E-state index in [2.05, 4.69) is 47.6 Å². The van der Waals surface area contributed by atoms with Gasteiger partial charge < -0.3 is 20.3 Å². The molecule has 3 rings (SSSR count). The van der Waals surface area contributed by atoms with Gasteiger partial charge in [0.2, 0.25) is 0 Å². The van der Waals surface area contributed by atoms with E-state index in [-0.39, 0.29) is 30.1 Å². The monoisotopic (exact) mass is 472 g/mol. The molecule has 2 aliphatic rings. The van der Waals surface area contributed by atoms with Crippen molar-refractivity contribution in [3.05, 3.63) is 29.8 Å². The van der Waals surface area contributed by atoms with Crippen molar-refractivity contribution in [1.82, 2.24) is 15.5 Å². The largest absolute Gasteiger partial charge is 0.488 e. The first-order chi connectivity index (χ1) is 12.2. The first-order valence-corrected chi connectivity index (χ1v) is 9.73. The fraction of sp³-hybridized carbons (Fsp3) is 0.650. The Morgan fingerprint density at radius 2 is 2.04 bits per heavy atom. The van der Waals surface area contributed by atoms with Gasteiger partial charge in [0.15, 0.2) is 5.96 Å². The minimum atomic E-state index is 0. The van der Waals surface area contributed by atoms with E-state index in [9.17, 15) is 0 Å². The Bertz CT molecular complexity index is 550. The third kappa shape index (κ3) is 6.30. The van der Waals surface area contributed by atoms with Crippen LogP contribution in [0.25, 0.3) is 0 Å². The lowest BCUT2D eigenvalue weighted by atomic mass is 10.1. The minimum Gasteiger partial charge on any atom is -0.488 e. The molecular weight excluding hydrogens is 439 g/mol. The summed E-state index contributed by atoms with van der Waals surface area (Å²) in [5.41, 5.74) is 1.30. The summed E-state index contributed by atoms with van der Waals surface area (Å²) in [6, 6.07) is 8.30. The Hall–Kier alpha value is -1.02. The number of guanidine groups is 1. The van der Waals surface area contributed by atoms with E-state index in [1.54, 1.807) is 0 Å². The van der Waals surface area contributed by atoms with E-state index < -0.39 is 0 Å². The van der Waals surface area contributed by atoms with E-state index in [1.807, 2.05) is 6.07 Å². The fourth-order valence-electron chi connectivity index (χ4n) is 3.63. The van der Waals surface area contributed by atoms with Gasteiger partial charge in [0.25, 0.3) is 0 Å². The molecule has 2 heterocycles. The molecule has 5 nitrogen and oxygen atoms in total. The van der Waals surface area contributed by atoms with Crippen LogP contribution in [0, 0.1) is 5.92 Å². The molecule has 0 amide bonds. The van der Waals surface area contributed by atoms with Gasteiger partial charge in [0.05, 0.1) is 6.54 Å². The summed E-state index contributed by atoms with van der Waals surface area (Å²) >= 11 is 0. The zero-order valence-electron chi connectivity index (χ0n) is 16.0. The number of rotatable bonds is 7. The van der Waals surface area contributed by atoms with Gasteiger partial charge in [-0.05, 0) is 50.4 Å². The van der Waals surface area contributed by atoms with Crippen LogP contribution in [-0.4, -0.2) is 56.2 Å². The van der Waals surface area contributed by atoms with E-state index in [0.29, 0.717) is 5.92 Å². The van der Waals surface area contributed by atoms with Crippen LogP contribution in [0.5, 0.6) is 5.75 Å². The second kappa shape index (κ2) is 11.0. The molecule has 26 heavy (non-hydrogen) atoms. The number of halogens is 1. The number of nitrogens with zero attached hydrogens (tertiary/aromatic N) is 2. The second-order valence-electron chi connectivity index (χ2n) is 7.27. The molecule has 0 radical (unpaired) electrons. The highest BCUT2D eigenvalue weighted by Gasteiger charge is 2.22. The Labute approximate surface area is 175 Å². The van der Waals surface area contributed by atoms with Crippen molar-refractivity contribution in [2.45, 2.75) is 39.2 Å². The molecule has 0 spiro atoms. The third-order valence-electron chi connectivity index (χ3n) is 4.88. The van der Waals surface area contributed by atoms with Crippen molar-refractivity contribution in [2.75, 3.05) is 39.3 Å². The zero-order chi connectivity index (χ0) is 17.5. The summed E-state index contributed by atoms with van der Waals surface area (Å²) < 4.78 is 6.00. The molecule has 0 saturated carbocycles. The standard InChI is InChI=1S/C20H32N4O.HI/c1-3-21-20(22-13-16(2)15-24-10-6-7-11-24)23-14-18-12-17-8-4-5-9-19(17)25-18;/h4-5,8-9,16,18H,3,6-7,10-15H2,1-2H3,(H2,21,22,23);1H. The Kier molecular flexibility index (Phi) is 8.98.